The number of esters is 1. The average molecular weight is 140 g/mol. The van der Waals surface area contributed by atoms with Gasteiger partial charge in [-0.25, -0.2) is 4.79 Å². The summed E-state index contributed by atoms with van der Waals surface area (Å²) in [6, 6.07) is 0. The van der Waals surface area contributed by atoms with Crippen LogP contribution in [0.4, 0.5) is 0 Å². The van der Waals surface area contributed by atoms with Crippen molar-refractivity contribution in [2.24, 2.45) is 5.92 Å². The maximum Gasteiger partial charge on any atom is 0.333 e. The normalized spacial score (nSPS) is 24.2. The minimum absolute atomic E-state index is 0.162. The topological polar surface area (TPSA) is 26.3 Å². The molecule has 56 valence electrons. The Labute approximate surface area is 60.9 Å². The number of hydrogen-bond donors (Lipinski definition) is 0. The first-order valence-electron chi connectivity index (χ1n) is 3.54. The Morgan fingerprint density at radius 3 is 2.90 bits per heavy atom. The van der Waals surface area contributed by atoms with Crippen molar-refractivity contribution in [2.75, 3.05) is 7.11 Å². The van der Waals surface area contributed by atoms with E-state index in [-0.39, 0.29) is 5.97 Å². The Morgan fingerprint density at radius 1 is 1.80 bits per heavy atom. The van der Waals surface area contributed by atoms with Gasteiger partial charge in [0, 0.05) is 5.57 Å². The number of allylic oxidation sites excluding steroid dienone is 1. The largest absolute Gasteiger partial charge is 0.466 e. The van der Waals surface area contributed by atoms with E-state index in [1.807, 2.05) is 6.08 Å². The highest BCUT2D eigenvalue weighted by atomic mass is 16.5. The van der Waals surface area contributed by atoms with E-state index in [0.717, 1.165) is 18.4 Å². The van der Waals surface area contributed by atoms with Crippen molar-refractivity contribution in [3.05, 3.63) is 11.6 Å². The van der Waals surface area contributed by atoms with Crippen molar-refractivity contribution in [2.45, 2.75) is 19.8 Å². The van der Waals surface area contributed by atoms with Gasteiger partial charge in [-0.2, -0.15) is 0 Å². The van der Waals surface area contributed by atoms with Gasteiger partial charge in [0.25, 0.3) is 0 Å². The van der Waals surface area contributed by atoms with Gasteiger partial charge in [-0.05, 0) is 18.8 Å². The Kier molecular flexibility index (Phi) is 2.10. The fraction of sp³-hybridized carbons (Fsp3) is 0.625. The zero-order valence-corrected chi connectivity index (χ0v) is 6.39. The molecule has 0 unspecified atom stereocenters. The molecule has 10 heavy (non-hydrogen) atoms. The van der Waals surface area contributed by atoms with Crippen LogP contribution >= 0.6 is 0 Å². The standard InChI is InChI=1S/C8H12O2/c1-6-4-3-5-7(6)8(9)10-2/h5-6H,3-4H2,1-2H3/t6-/m0/s1. The zero-order valence-electron chi connectivity index (χ0n) is 6.39. The van der Waals surface area contributed by atoms with Gasteiger partial charge in [0.1, 0.15) is 0 Å². The molecule has 0 aromatic carbocycles. The highest BCUT2D eigenvalue weighted by Gasteiger charge is 2.20. The van der Waals surface area contributed by atoms with E-state index < -0.39 is 0 Å². The second kappa shape index (κ2) is 2.86. The van der Waals surface area contributed by atoms with Crippen LogP contribution in [0.25, 0.3) is 0 Å². The molecule has 0 saturated carbocycles. The fourth-order valence-corrected chi connectivity index (χ4v) is 1.25. The lowest BCUT2D eigenvalue weighted by molar-refractivity contribution is -0.136. The minimum atomic E-state index is -0.162. The Morgan fingerprint density at radius 2 is 2.50 bits per heavy atom. The third kappa shape index (κ3) is 1.20. The number of carbonyl (C=O) groups excluding carboxylic acids is 1. The molecule has 1 atom stereocenters. The molecule has 1 aliphatic carbocycles. The van der Waals surface area contributed by atoms with Crippen LogP contribution in [-0.2, 0) is 9.53 Å². The first kappa shape index (κ1) is 7.32. The molecule has 1 aliphatic rings. The fourth-order valence-electron chi connectivity index (χ4n) is 1.25. The first-order chi connectivity index (χ1) is 4.75. The molecule has 0 aromatic heterocycles. The Hall–Kier alpha value is -0.790. The van der Waals surface area contributed by atoms with Gasteiger partial charge in [-0.1, -0.05) is 13.0 Å². The number of hydrogen-bond acceptors (Lipinski definition) is 2. The van der Waals surface area contributed by atoms with E-state index in [1.165, 1.54) is 7.11 Å². The lowest BCUT2D eigenvalue weighted by Gasteiger charge is -2.04. The lowest BCUT2D eigenvalue weighted by atomic mass is 10.1. The van der Waals surface area contributed by atoms with Crippen LogP contribution in [0.5, 0.6) is 0 Å². The predicted octanol–water partition coefficient (Wildman–Crippen LogP) is 1.52. The minimum Gasteiger partial charge on any atom is -0.466 e. The second-order valence-corrected chi connectivity index (χ2v) is 2.63. The molecule has 0 heterocycles. The van der Waals surface area contributed by atoms with E-state index in [1.54, 1.807) is 0 Å². The van der Waals surface area contributed by atoms with Gasteiger partial charge < -0.3 is 4.74 Å². The molecule has 0 fully saturated rings. The van der Waals surface area contributed by atoms with Crippen molar-refractivity contribution in [1.29, 1.82) is 0 Å². The van der Waals surface area contributed by atoms with E-state index in [2.05, 4.69) is 11.7 Å². The molecular weight excluding hydrogens is 128 g/mol. The molecule has 0 N–H and O–H groups in total. The van der Waals surface area contributed by atoms with Crippen LogP contribution < -0.4 is 0 Å². The summed E-state index contributed by atoms with van der Waals surface area (Å²) < 4.78 is 4.60. The molecule has 0 radical (unpaired) electrons. The Balaban J connectivity index is 2.63. The third-order valence-electron chi connectivity index (χ3n) is 1.92. The molecule has 0 bridgehead atoms. The van der Waals surface area contributed by atoms with Crippen LogP contribution in [-0.4, -0.2) is 13.1 Å². The highest BCUT2D eigenvalue weighted by molar-refractivity contribution is 5.89. The number of ether oxygens (including phenoxy) is 1. The molecule has 0 aliphatic heterocycles. The van der Waals surface area contributed by atoms with Crippen LogP contribution in [0.1, 0.15) is 19.8 Å². The summed E-state index contributed by atoms with van der Waals surface area (Å²) in [5.74, 6) is 0.234. The van der Waals surface area contributed by atoms with Crippen LogP contribution in [0.2, 0.25) is 0 Å². The van der Waals surface area contributed by atoms with Crippen LogP contribution in [0.15, 0.2) is 11.6 Å². The first-order valence-corrected chi connectivity index (χ1v) is 3.54. The van der Waals surface area contributed by atoms with Gasteiger partial charge in [-0.15, -0.1) is 0 Å². The second-order valence-electron chi connectivity index (χ2n) is 2.63. The molecule has 2 nitrogen and oxygen atoms in total. The van der Waals surface area contributed by atoms with E-state index in [9.17, 15) is 4.79 Å². The summed E-state index contributed by atoms with van der Waals surface area (Å²) in [4.78, 5) is 10.9. The maximum absolute atomic E-state index is 10.9. The van der Waals surface area contributed by atoms with Gasteiger partial charge in [0.15, 0.2) is 0 Å². The summed E-state index contributed by atoms with van der Waals surface area (Å²) in [6.45, 7) is 2.05. The molecule has 0 saturated heterocycles. The molecular formula is C8H12O2. The quantitative estimate of drug-likeness (QED) is 0.516. The SMILES string of the molecule is COC(=O)C1=CCC[C@@H]1C. The number of rotatable bonds is 1. The molecule has 1 rings (SSSR count). The highest BCUT2D eigenvalue weighted by Crippen LogP contribution is 2.25. The van der Waals surface area contributed by atoms with Crippen LogP contribution in [0.3, 0.4) is 0 Å². The van der Waals surface area contributed by atoms with Gasteiger partial charge >= 0.3 is 5.97 Å². The zero-order chi connectivity index (χ0) is 7.56. The smallest absolute Gasteiger partial charge is 0.333 e. The van der Waals surface area contributed by atoms with E-state index in [4.69, 9.17) is 0 Å². The molecule has 2 heteroatoms. The molecule has 0 aromatic rings. The summed E-state index contributed by atoms with van der Waals surface area (Å²) in [6.07, 6.45) is 4.08. The molecule has 0 amide bonds. The van der Waals surface area contributed by atoms with Crippen molar-refractivity contribution in [3.63, 3.8) is 0 Å². The van der Waals surface area contributed by atoms with Crippen molar-refractivity contribution in [3.8, 4) is 0 Å². The average Bonchev–Trinajstić information content (AvgIpc) is 2.34. The van der Waals surface area contributed by atoms with Gasteiger partial charge in [0.2, 0.25) is 0 Å². The van der Waals surface area contributed by atoms with Gasteiger partial charge in [0.05, 0.1) is 7.11 Å². The summed E-state index contributed by atoms with van der Waals surface area (Å²) in [7, 11) is 1.42. The van der Waals surface area contributed by atoms with Crippen LogP contribution in [0, 0.1) is 5.92 Å². The molecule has 0 spiro atoms. The van der Waals surface area contributed by atoms with Crippen molar-refractivity contribution >= 4 is 5.97 Å². The van der Waals surface area contributed by atoms with E-state index in [0.29, 0.717) is 5.92 Å². The summed E-state index contributed by atoms with van der Waals surface area (Å²) in [5.41, 5.74) is 0.850. The monoisotopic (exact) mass is 140 g/mol. The third-order valence-corrected chi connectivity index (χ3v) is 1.92. The summed E-state index contributed by atoms with van der Waals surface area (Å²) >= 11 is 0. The Bertz CT molecular complexity index is 170. The maximum atomic E-state index is 10.9. The lowest BCUT2D eigenvalue weighted by Crippen LogP contribution is -2.08. The number of methoxy groups -OCH3 is 1. The predicted molar refractivity (Wildman–Crippen MR) is 38.5 cm³/mol. The van der Waals surface area contributed by atoms with Crippen molar-refractivity contribution < 1.29 is 9.53 Å². The van der Waals surface area contributed by atoms with Gasteiger partial charge in [-0.3, -0.25) is 0 Å². The number of carbonyl (C=O) groups is 1. The van der Waals surface area contributed by atoms with Crippen molar-refractivity contribution in [1.82, 2.24) is 0 Å². The summed E-state index contributed by atoms with van der Waals surface area (Å²) in [5, 5.41) is 0. The van der Waals surface area contributed by atoms with E-state index >= 15 is 0 Å².